The van der Waals surface area contributed by atoms with Crippen molar-refractivity contribution >= 4 is 37.4 Å². The van der Waals surface area contributed by atoms with E-state index >= 15 is 0 Å². The molecule has 24 heavy (non-hydrogen) atoms. The Morgan fingerprint density at radius 3 is 2.46 bits per heavy atom. The molecule has 0 aromatic heterocycles. The number of benzene rings is 1. The molecular formula is C14H19ClN2O5S2. The molecular weight excluding hydrogens is 376 g/mol. The molecule has 134 valence electrons. The molecule has 1 heterocycles. The molecule has 0 bridgehead atoms. The van der Waals surface area contributed by atoms with E-state index in [4.69, 9.17) is 11.6 Å². The Balaban J connectivity index is 1.96. The number of hydrogen-bond acceptors (Lipinski definition) is 5. The lowest BCUT2D eigenvalue weighted by atomic mass is 10.2. The Bertz CT molecular complexity index is 806. The van der Waals surface area contributed by atoms with Crippen molar-refractivity contribution in [1.29, 1.82) is 0 Å². The van der Waals surface area contributed by atoms with E-state index in [0.29, 0.717) is 10.6 Å². The zero-order valence-electron chi connectivity index (χ0n) is 13.1. The summed E-state index contributed by atoms with van der Waals surface area (Å²) in [6.07, 6.45) is 1.32. The molecule has 2 rings (SSSR count). The topological polar surface area (TPSA) is 101 Å². The molecule has 1 unspecified atom stereocenters. The van der Waals surface area contributed by atoms with E-state index in [2.05, 4.69) is 5.32 Å². The molecule has 0 saturated carbocycles. The van der Waals surface area contributed by atoms with Crippen molar-refractivity contribution in [3.63, 3.8) is 0 Å². The maximum Gasteiger partial charge on any atom is 0.251 e. The zero-order valence-corrected chi connectivity index (χ0v) is 15.5. The first-order chi connectivity index (χ1) is 11.1. The highest BCUT2D eigenvalue weighted by Crippen LogP contribution is 2.19. The first-order valence-electron chi connectivity index (χ1n) is 7.29. The Morgan fingerprint density at radius 2 is 1.96 bits per heavy atom. The number of nitrogens with zero attached hydrogens (tertiary/aromatic N) is 1. The molecule has 1 saturated heterocycles. The molecule has 1 aliphatic rings. The highest BCUT2D eigenvalue weighted by atomic mass is 35.5. The van der Waals surface area contributed by atoms with Gasteiger partial charge in [0, 0.05) is 29.7 Å². The van der Waals surface area contributed by atoms with Gasteiger partial charge in [0.25, 0.3) is 5.91 Å². The van der Waals surface area contributed by atoms with Crippen LogP contribution in [0.2, 0.25) is 5.02 Å². The van der Waals surface area contributed by atoms with Gasteiger partial charge in [-0.2, -0.15) is 4.31 Å². The number of hydrogen-bond donors (Lipinski definition) is 1. The van der Waals surface area contributed by atoms with E-state index in [1.165, 1.54) is 0 Å². The molecule has 1 N–H and O–H groups in total. The lowest BCUT2D eigenvalue weighted by Gasteiger charge is -2.25. The van der Waals surface area contributed by atoms with Gasteiger partial charge in [-0.15, -0.1) is 0 Å². The number of carbonyl (C=O) groups excluding carboxylic acids is 1. The SMILES string of the molecule is CS(=O)(=O)N(CCNC(=O)c1ccc(Cl)cc1)C1CCS(=O)(=O)C1. The van der Waals surface area contributed by atoms with Crippen LogP contribution in [0.1, 0.15) is 16.8 Å². The van der Waals surface area contributed by atoms with E-state index in [-0.39, 0.29) is 36.9 Å². The van der Waals surface area contributed by atoms with Gasteiger partial charge in [-0.3, -0.25) is 4.79 Å². The van der Waals surface area contributed by atoms with E-state index < -0.39 is 25.9 Å². The summed E-state index contributed by atoms with van der Waals surface area (Å²) >= 11 is 5.75. The van der Waals surface area contributed by atoms with Crippen molar-refractivity contribution in [2.75, 3.05) is 30.9 Å². The van der Waals surface area contributed by atoms with Gasteiger partial charge in [0.15, 0.2) is 9.84 Å². The highest BCUT2D eigenvalue weighted by molar-refractivity contribution is 7.92. The van der Waals surface area contributed by atoms with Crippen molar-refractivity contribution < 1.29 is 21.6 Å². The quantitative estimate of drug-likeness (QED) is 0.758. The molecule has 0 radical (unpaired) electrons. The Morgan fingerprint density at radius 1 is 1.33 bits per heavy atom. The second-order valence-corrected chi connectivity index (χ2v) is 10.3. The van der Waals surface area contributed by atoms with Gasteiger partial charge in [-0.1, -0.05) is 11.6 Å². The third-order valence-electron chi connectivity index (χ3n) is 3.77. The fourth-order valence-corrected chi connectivity index (χ4v) is 5.70. The van der Waals surface area contributed by atoms with Crippen molar-refractivity contribution in [2.45, 2.75) is 12.5 Å². The number of sulfonamides is 1. The normalized spacial score (nSPS) is 20.2. The van der Waals surface area contributed by atoms with Crippen LogP contribution in [0.3, 0.4) is 0 Å². The van der Waals surface area contributed by atoms with Crippen LogP contribution in [0.15, 0.2) is 24.3 Å². The molecule has 1 aromatic carbocycles. The van der Waals surface area contributed by atoms with E-state index in [0.717, 1.165) is 10.6 Å². The fourth-order valence-electron chi connectivity index (χ4n) is 2.60. The summed E-state index contributed by atoms with van der Waals surface area (Å²) in [4.78, 5) is 12.0. The monoisotopic (exact) mass is 394 g/mol. The summed E-state index contributed by atoms with van der Waals surface area (Å²) in [6, 6.07) is 5.73. The second-order valence-electron chi connectivity index (χ2n) is 5.69. The van der Waals surface area contributed by atoms with Crippen LogP contribution in [0.5, 0.6) is 0 Å². The number of halogens is 1. The Hall–Kier alpha value is -1.16. The summed E-state index contributed by atoms with van der Waals surface area (Å²) < 4.78 is 48.1. The first kappa shape index (κ1) is 19.2. The van der Waals surface area contributed by atoms with E-state index in [1.807, 2.05) is 0 Å². The molecule has 7 nitrogen and oxygen atoms in total. The molecule has 1 amide bonds. The number of amides is 1. The van der Waals surface area contributed by atoms with Gasteiger partial charge in [0.05, 0.1) is 17.8 Å². The summed E-state index contributed by atoms with van der Waals surface area (Å²) in [5, 5.41) is 3.14. The van der Waals surface area contributed by atoms with Crippen LogP contribution in [0.25, 0.3) is 0 Å². The maximum absolute atomic E-state index is 12.0. The summed E-state index contributed by atoms with van der Waals surface area (Å²) in [7, 11) is -6.76. The van der Waals surface area contributed by atoms with Crippen LogP contribution >= 0.6 is 11.6 Å². The molecule has 10 heteroatoms. The summed E-state index contributed by atoms with van der Waals surface area (Å²) in [5.74, 6) is -0.536. The molecule has 0 spiro atoms. The Labute approximate surface area is 147 Å². The van der Waals surface area contributed by atoms with Crippen LogP contribution in [-0.2, 0) is 19.9 Å². The predicted octanol–water partition coefficient (Wildman–Crippen LogP) is 0.519. The van der Waals surface area contributed by atoms with Crippen LogP contribution < -0.4 is 5.32 Å². The lowest BCUT2D eigenvalue weighted by Crippen LogP contribution is -2.44. The van der Waals surface area contributed by atoms with Crippen molar-refractivity contribution in [3.05, 3.63) is 34.9 Å². The van der Waals surface area contributed by atoms with E-state index in [9.17, 15) is 21.6 Å². The summed E-state index contributed by atoms with van der Waals surface area (Å²) in [5.41, 5.74) is 0.411. The van der Waals surface area contributed by atoms with Crippen molar-refractivity contribution in [3.8, 4) is 0 Å². The molecule has 1 fully saturated rings. The first-order valence-corrected chi connectivity index (χ1v) is 11.3. The van der Waals surface area contributed by atoms with Crippen LogP contribution in [-0.4, -0.2) is 63.9 Å². The van der Waals surface area contributed by atoms with Crippen molar-refractivity contribution in [1.82, 2.24) is 9.62 Å². The van der Waals surface area contributed by atoms with Crippen LogP contribution in [0.4, 0.5) is 0 Å². The van der Waals surface area contributed by atoms with Gasteiger partial charge >= 0.3 is 0 Å². The molecule has 1 atom stereocenters. The number of carbonyl (C=O) groups is 1. The minimum atomic E-state index is -3.57. The number of nitrogens with one attached hydrogen (secondary N) is 1. The minimum Gasteiger partial charge on any atom is -0.351 e. The Kier molecular flexibility index (Phi) is 5.90. The molecule has 0 aliphatic carbocycles. The zero-order chi connectivity index (χ0) is 18.0. The second kappa shape index (κ2) is 7.38. The third kappa shape index (κ3) is 5.17. The standard InChI is InChI=1S/C14H19ClN2O5S2/c1-23(19,20)17(13-6-9-24(21,22)10-13)8-7-16-14(18)11-2-4-12(15)5-3-11/h2-5,13H,6-10H2,1H3,(H,16,18). The minimum absolute atomic E-state index is 0.0131. The smallest absolute Gasteiger partial charge is 0.251 e. The van der Waals surface area contributed by atoms with Crippen LogP contribution in [0, 0.1) is 0 Å². The van der Waals surface area contributed by atoms with Gasteiger partial charge < -0.3 is 5.32 Å². The predicted molar refractivity (Wildman–Crippen MR) is 92.4 cm³/mol. The maximum atomic E-state index is 12.0. The van der Waals surface area contributed by atoms with Gasteiger partial charge in [0.1, 0.15) is 0 Å². The fraction of sp³-hybridized carbons (Fsp3) is 0.500. The molecule has 1 aromatic rings. The highest BCUT2D eigenvalue weighted by Gasteiger charge is 2.36. The summed E-state index contributed by atoms with van der Waals surface area (Å²) in [6.45, 7) is 0.115. The average Bonchev–Trinajstić information content (AvgIpc) is 2.82. The van der Waals surface area contributed by atoms with Gasteiger partial charge in [-0.05, 0) is 30.7 Å². The van der Waals surface area contributed by atoms with E-state index in [1.54, 1.807) is 24.3 Å². The largest absolute Gasteiger partial charge is 0.351 e. The average molecular weight is 395 g/mol. The van der Waals surface area contributed by atoms with Crippen molar-refractivity contribution in [2.24, 2.45) is 0 Å². The molecule has 1 aliphatic heterocycles. The number of sulfone groups is 1. The van der Waals surface area contributed by atoms with Gasteiger partial charge in [-0.25, -0.2) is 16.8 Å². The number of rotatable bonds is 6. The lowest BCUT2D eigenvalue weighted by molar-refractivity contribution is 0.0950. The third-order valence-corrected chi connectivity index (χ3v) is 7.10. The van der Waals surface area contributed by atoms with Gasteiger partial charge in [0.2, 0.25) is 10.0 Å².